The van der Waals surface area contributed by atoms with Gasteiger partial charge in [0.2, 0.25) is 5.91 Å². The Hall–Kier alpha value is -2.25. The van der Waals surface area contributed by atoms with Crippen molar-refractivity contribution in [2.75, 3.05) is 17.2 Å². The van der Waals surface area contributed by atoms with E-state index in [0.717, 1.165) is 5.01 Å². The van der Waals surface area contributed by atoms with E-state index in [1.807, 2.05) is 0 Å². The number of nitrogens with zero attached hydrogens (tertiary/aromatic N) is 1. The predicted octanol–water partition coefficient (Wildman–Crippen LogP) is 1.85. The number of hydrogen-bond donors (Lipinski definition) is 3. The van der Waals surface area contributed by atoms with E-state index in [1.165, 1.54) is 18.3 Å². The first-order chi connectivity index (χ1) is 10.1. The molecule has 1 heterocycles. The van der Waals surface area contributed by atoms with E-state index >= 15 is 0 Å². The second-order valence-corrected chi connectivity index (χ2v) is 5.32. The highest BCUT2D eigenvalue weighted by Crippen LogP contribution is 2.17. The number of nitrogens with two attached hydrogens (primary N) is 1. The van der Waals surface area contributed by atoms with Crippen LogP contribution in [0.3, 0.4) is 0 Å². The van der Waals surface area contributed by atoms with Crippen molar-refractivity contribution in [3.63, 3.8) is 0 Å². The van der Waals surface area contributed by atoms with E-state index < -0.39 is 0 Å². The first-order valence-electron chi connectivity index (χ1n) is 6.42. The van der Waals surface area contributed by atoms with Gasteiger partial charge in [-0.3, -0.25) is 9.59 Å². The maximum atomic E-state index is 12.1. The molecule has 0 spiro atoms. The Bertz CT molecular complexity index is 654. The van der Waals surface area contributed by atoms with E-state index in [1.54, 1.807) is 29.6 Å². The van der Waals surface area contributed by atoms with Crippen molar-refractivity contribution in [3.8, 4) is 0 Å². The molecule has 0 unspecified atom stereocenters. The molecule has 0 atom stereocenters. The zero-order chi connectivity index (χ0) is 15.2. The quantitative estimate of drug-likeness (QED) is 0.785. The molecule has 0 saturated carbocycles. The van der Waals surface area contributed by atoms with Gasteiger partial charge in [-0.15, -0.1) is 11.3 Å². The lowest BCUT2D eigenvalue weighted by molar-refractivity contribution is -0.114. The average molecular weight is 304 g/mol. The Morgan fingerprint density at radius 3 is 2.67 bits per heavy atom. The van der Waals surface area contributed by atoms with Crippen molar-refractivity contribution >= 4 is 34.5 Å². The molecule has 2 rings (SSSR count). The largest absolute Gasteiger partial charge is 0.330 e. The molecule has 4 N–H and O–H groups in total. The fourth-order valence-corrected chi connectivity index (χ4v) is 2.52. The zero-order valence-corrected chi connectivity index (χ0v) is 12.4. The molecule has 110 valence electrons. The lowest BCUT2D eigenvalue weighted by atomic mass is 10.2. The normalized spacial score (nSPS) is 10.2. The summed E-state index contributed by atoms with van der Waals surface area (Å²) in [5, 5.41) is 7.96. The Morgan fingerprint density at radius 1 is 1.29 bits per heavy atom. The average Bonchev–Trinajstić information content (AvgIpc) is 2.87. The van der Waals surface area contributed by atoms with Crippen molar-refractivity contribution in [1.29, 1.82) is 0 Å². The van der Waals surface area contributed by atoms with Crippen LogP contribution in [0.1, 0.15) is 22.4 Å². The highest BCUT2D eigenvalue weighted by molar-refractivity contribution is 7.09. The maximum absolute atomic E-state index is 12.1. The minimum absolute atomic E-state index is 0.163. The minimum atomic E-state index is -0.283. The van der Waals surface area contributed by atoms with E-state index in [2.05, 4.69) is 15.6 Å². The molecule has 0 radical (unpaired) electrons. The van der Waals surface area contributed by atoms with Crippen LogP contribution in [0.2, 0.25) is 0 Å². The lowest BCUT2D eigenvalue weighted by Crippen LogP contribution is -2.13. The molecule has 0 aliphatic rings. The van der Waals surface area contributed by atoms with Crippen LogP contribution >= 0.6 is 11.3 Å². The lowest BCUT2D eigenvalue weighted by Gasteiger charge is -2.06. The van der Waals surface area contributed by atoms with Crippen molar-refractivity contribution < 1.29 is 9.59 Å². The number of amides is 2. The molecule has 0 aliphatic carbocycles. The summed E-state index contributed by atoms with van der Waals surface area (Å²) in [5.74, 6) is -0.445. The van der Waals surface area contributed by atoms with Crippen LogP contribution in [0, 0.1) is 0 Å². The van der Waals surface area contributed by atoms with Crippen LogP contribution in [-0.4, -0.2) is 23.3 Å². The highest BCUT2D eigenvalue weighted by Gasteiger charge is 2.11. The van der Waals surface area contributed by atoms with Gasteiger partial charge in [0.25, 0.3) is 5.91 Å². The zero-order valence-electron chi connectivity index (χ0n) is 11.6. The summed E-state index contributed by atoms with van der Waals surface area (Å²) in [5.41, 5.74) is 7.05. The van der Waals surface area contributed by atoms with E-state index in [9.17, 15) is 9.59 Å². The number of aromatic nitrogens is 1. The third-order valence-corrected chi connectivity index (χ3v) is 3.49. The second-order valence-electron chi connectivity index (χ2n) is 4.38. The van der Waals surface area contributed by atoms with Crippen LogP contribution in [0.5, 0.6) is 0 Å². The predicted molar refractivity (Wildman–Crippen MR) is 83.6 cm³/mol. The van der Waals surface area contributed by atoms with Gasteiger partial charge in [0.1, 0.15) is 5.69 Å². The van der Waals surface area contributed by atoms with Gasteiger partial charge >= 0.3 is 0 Å². The van der Waals surface area contributed by atoms with Crippen LogP contribution < -0.4 is 16.4 Å². The van der Waals surface area contributed by atoms with E-state index in [-0.39, 0.29) is 11.8 Å². The Morgan fingerprint density at radius 2 is 2.00 bits per heavy atom. The van der Waals surface area contributed by atoms with Gasteiger partial charge in [0.05, 0.1) is 5.01 Å². The second kappa shape index (κ2) is 6.96. The van der Waals surface area contributed by atoms with Crippen molar-refractivity contribution in [2.45, 2.75) is 13.3 Å². The van der Waals surface area contributed by atoms with Crippen LogP contribution in [-0.2, 0) is 11.2 Å². The van der Waals surface area contributed by atoms with Crippen molar-refractivity contribution in [3.05, 3.63) is 40.3 Å². The fourth-order valence-electron chi connectivity index (χ4n) is 1.73. The SMILES string of the molecule is CC(=O)Nc1cccc(NC(=O)c2csc(CCN)n2)c1. The number of rotatable bonds is 5. The summed E-state index contributed by atoms with van der Waals surface area (Å²) < 4.78 is 0. The third-order valence-electron chi connectivity index (χ3n) is 2.58. The van der Waals surface area contributed by atoms with Crippen LogP contribution in [0.25, 0.3) is 0 Å². The smallest absolute Gasteiger partial charge is 0.275 e. The molecular weight excluding hydrogens is 288 g/mol. The number of benzene rings is 1. The molecule has 1 aromatic carbocycles. The summed E-state index contributed by atoms with van der Waals surface area (Å²) in [6.45, 7) is 1.94. The van der Waals surface area contributed by atoms with Crippen molar-refractivity contribution in [1.82, 2.24) is 4.98 Å². The molecule has 0 saturated heterocycles. The summed E-state index contributed by atoms with van der Waals surface area (Å²) in [6, 6.07) is 6.93. The van der Waals surface area contributed by atoms with Crippen molar-refractivity contribution in [2.24, 2.45) is 5.73 Å². The highest BCUT2D eigenvalue weighted by atomic mass is 32.1. The maximum Gasteiger partial charge on any atom is 0.275 e. The van der Waals surface area contributed by atoms with Gasteiger partial charge in [0.15, 0.2) is 0 Å². The van der Waals surface area contributed by atoms with Crippen LogP contribution in [0.4, 0.5) is 11.4 Å². The van der Waals surface area contributed by atoms with Crippen LogP contribution in [0.15, 0.2) is 29.6 Å². The first kappa shape index (κ1) is 15.1. The minimum Gasteiger partial charge on any atom is -0.330 e. The van der Waals surface area contributed by atoms with Gasteiger partial charge in [-0.25, -0.2) is 4.98 Å². The molecule has 2 amide bonds. The number of thiazole rings is 1. The van der Waals surface area contributed by atoms with E-state index in [4.69, 9.17) is 5.73 Å². The number of carbonyl (C=O) groups excluding carboxylic acids is 2. The molecule has 21 heavy (non-hydrogen) atoms. The van der Waals surface area contributed by atoms with Gasteiger partial charge in [-0.1, -0.05) is 6.07 Å². The Balaban J connectivity index is 2.06. The topological polar surface area (TPSA) is 97.1 Å². The van der Waals surface area contributed by atoms with E-state index in [0.29, 0.717) is 30.0 Å². The number of hydrogen-bond acceptors (Lipinski definition) is 5. The molecule has 1 aromatic heterocycles. The van der Waals surface area contributed by atoms with Gasteiger partial charge < -0.3 is 16.4 Å². The first-order valence-corrected chi connectivity index (χ1v) is 7.30. The number of carbonyl (C=O) groups is 2. The Kier molecular flexibility index (Phi) is 5.02. The molecule has 0 bridgehead atoms. The van der Waals surface area contributed by atoms with Gasteiger partial charge in [-0.05, 0) is 24.7 Å². The fraction of sp³-hybridized carbons (Fsp3) is 0.214. The number of nitrogens with one attached hydrogen (secondary N) is 2. The molecule has 2 aromatic rings. The summed E-state index contributed by atoms with van der Waals surface area (Å²) in [6.07, 6.45) is 0.663. The van der Waals surface area contributed by atoms with Gasteiger partial charge in [-0.2, -0.15) is 0 Å². The monoisotopic (exact) mass is 304 g/mol. The Labute approximate surface area is 126 Å². The summed E-state index contributed by atoms with van der Waals surface area (Å²) >= 11 is 1.42. The molecule has 0 aliphatic heterocycles. The number of anilines is 2. The molecule has 0 fully saturated rings. The third kappa shape index (κ3) is 4.37. The van der Waals surface area contributed by atoms with Gasteiger partial charge in [0, 0.05) is 30.1 Å². The molecule has 7 heteroatoms. The standard InChI is InChI=1S/C14H16N4O2S/c1-9(19)16-10-3-2-4-11(7-10)17-14(20)12-8-21-13(18-12)5-6-15/h2-4,7-8H,5-6,15H2,1H3,(H,16,19)(H,17,20). The summed E-state index contributed by atoms with van der Waals surface area (Å²) in [7, 11) is 0. The molecule has 6 nitrogen and oxygen atoms in total. The molecular formula is C14H16N4O2S. The summed E-state index contributed by atoms with van der Waals surface area (Å²) in [4.78, 5) is 27.3.